The number of hydrogen-bond donors (Lipinski definition) is 3. The lowest BCUT2D eigenvalue weighted by atomic mass is 9.94. The molecule has 2 atom stereocenters. The number of fused-ring (bicyclic) bond motifs is 1. The molecule has 3 N–H and O–H groups in total. The van der Waals surface area contributed by atoms with E-state index in [-0.39, 0.29) is 6.04 Å². The monoisotopic (exact) mass is 326 g/mol. The Kier molecular flexibility index (Phi) is 4.34. The highest BCUT2D eigenvalue weighted by Gasteiger charge is 2.29. The summed E-state index contributed by atoms with van der Waals surface area (Å²) in [7, 11) is 0. The van der Waals surface area contributed by atoms with Crippen LogP contribution in [0.3, 0.4) is 0 Å². The van der Waals surface area contributed by atoms with Gasteiger partial charge in [-0.2, -0.15) is 0 Å². The predicted molar refractivity (Wildman–Crippen MR) is 90.6 cm³/mol. The molecule has 6 nitrogen and oxygen atoms in total. The lowest BCUT2D eigenvalue weighted by Gasteiger charge is -2.19. The fraction of sp³-hybridized carbons (Fsp3) is 0.389. The SMILES string of the molecule is Cc1cccc(CNCC2CNNC2c2ccc3c(c2)OCO3)n1. The Bertz CT molecular complexity index is 722. The molecule has 1 saturated heterocycles. The van der Waals surface area contributed by atoms with Gasteiger partial charge in [-0.25, -0.2) is 5.43 Å². The zero-order valence-corrected chi connectivity index (χ0v) is 13.7. The summed E-state index contributed by atoms with van der Waals surface area (Å²) < 4.78 is 10.9. The Morgan fingerprint density at radius 1 is 1.21 bits per heavy atom. The van der Waals surface area contributed by atoms with Crippen molar-refractivity contribution in [2.45, 2.75) is 19.5 Å². The van der Waals surface area contributed by atoms with Crippen LogP contribution in [0.5, 0.6) is 11.5 Å². The first-order valence-electron chi connectivity index (χ1n) is 8.31. The zero-order valence-electron chi connectivity index (χ0n) is 13.7. The van der Waals surface area contributed by atoms with E-state index in [0.717, 1.165) is 42.5 Å². The average molecular weight is 326 g/mol. The van der Waals surface area contributed by atoms with Crippen LogP contribution in [0.4, 0.5) is 0 Å². The van der Waals surface area contributed by atoms with Gasteiger partial charge in [0, 0.05) is 31.2 Å². The number of hydrogen-bond acceptors (Lipinski definition) is 6. The number of aryl methyl sites for hydroxylation is 1. The molecule has 0 amide bonds. The number of rotatable bonds is 5. The number of ether oxygens (including phenoxy) is 2. The van der Waals surface area contributed by atoms with Crippen LogP contribution in [0.2, 0.25) is 0 Å². The summed E-state index contributed by atoms with van der Waals surface area (Å²) in [4.78, 5) is 4.53. The largest absolute Gasteiger partial charge is 0.454 e. The van der Waals surface area contributed by atoms with Crippen molar-refractivity contribution in [3.8, 4) is 11.5 Å². The molecule has 1 fully saturated rings. The summed E-state index contributed by atoms with van der Waals surface area (Å²) >= 11 is 0. The normalized spacial score (nSPS) is 22.0. The van der Waals surface area contributed by atoms with Crippen LogP contribution in [0.1, 0.15) is 23.0 Å². The van der Waals surface area contributed by atoms with Gasteiger partial charge in [-0.3, -0.25) is 10.4 Å². The number of aromatic nitrogens is 1. The molecule has 0 aliphatic carbocycles. The zero-order chi connectivity index (χ0) is 16.4. The molecule has 0 spiro atoms. The van der Waals surface area contributed by atoms with Crippen molar-refractivity contribution < 1.29 is 9.47 Å². The highest BCUT2D eigenvalue weighted by atomic mass is 16.7. The van der Waals surface area contributed by atoms with Crippen LogP contribution in [-0.4, -0.2) is 24.9 Å². The number of benzene rings is 1. The first-order chi connectivity index (χ1) is 11.8. The first-order valence-corrected chi connectivity index (χ1v) is 8.31. The summed E-state index contributed by atoms with van der Waals surface area (Å²) in [5.74, 6) is 2.11. The van der Waals surface area contributed by atoms with Crippen molar-refractivity contribution in [1.82, 2.24) is 21.2 Å². The molecule has 3 heterocycles. The number of hydrazine groups is 1. The van der Waals surface area contributed by atoms with E-state index in [4.69, 9.17) is 9.47 Å². The molecular weight excluding hydrogens is 304 g/mol. The van der Waals surface area contributed by atoms with Gasteiger partial charge in [-0.1, -0.05) is 12.1 Å². The fourth-order valence-corrected chi connectivity index (χ4v) is 3.27. The smallest absolute Gasteiger partial charge is 0.231 e. The molecule has 4 rings (SSSR count). The second-order valence-electron chi connectivity index (χ2n) is 6.28. The van der Waals surface area contributed by atoms with E-state index in [1.54, 1.807) is 0 Å². The minimum Gasteiger partial charge on any atom is -0.454 e. The standard InChI is InChI=1S/C18H22N4O2/c1-12-3-2-4-15(21-12)10-19-8-14-9-20-22-18(14)13-5-6-16-17(7-13)24-11-23-16/h2-7,14,18-20,22H,8-11H2,1H3. The molecule has 24 heavy (non-hydrogen) atoms. The molecule has 6 heteroatoms. The average Bonchev–Trinajstić information content (AvgIpc) is 3.23. The van der Waals surface area contributed by atoms with Crippen LogP contribution in [-0.2, 0) is 6.54 Å². The third-order valence-electron chi connectivity index (χ3n) is 4.51. The Labute approximate surface area is 141 Å². The van der Waals surface area contributed by atoms with Crippen LogP contribution < -0.4 is 25.6 Å². The molecule has 1 aromatic heterocycles. The second-order valence-corrected chi connectivity index (χ2v) is 6.28. The van der Waals surface area contributed by atoms with Gasteiger partial charge >= 0.3 is 0 Å². The number of pyridine rings is 1. The van der Waals surface area contributed by atoms with Crippen molar-refractivity contribution in [2.24, 2.45) is 5.92 Å². The van der Waals surface area contributed by atoms with E-state index in [9.17, 15) is 0 Å². The molecule has 2 unspecified atom stereocenters. The maximum Gasteiger partial charge on any atom is 0.231 e. The van der Waals surface area contributed by atoms with Crippen molar-refractivity contribution in [1.29, 1.82) is 0 Å². The maximum absolute atomic E-state index is 5.49. The van der Waals surface area contributed by atoms with Gasteiger partial charge < -0.3 is 14.8 Å². The second kappa shape index (κ2) is 6.76. The minimum atomic E-state index is 0.248. The Balaban J connectivity index is 1.38. The fourth-order valence-electron chi connectivity index (χ4n) is 3.27. The molecule has 0 saturated carbocycles. The Morgan fingerprint density at radius 3 is 3.04 bits per heavy atom. The van der Waals surface area contributed by atoms with E-state index >= 15 is 0 Å². The summed E-state index contributed by atoms with van der Waals surface area (Å²) in [6.07, 6.45) is 0. The highest BCUT2D eigenvalue weighted by Crippen LogP contribution is 2.36. The lowest BCUT2D eigenvalue weighted by Crippen LogP contribution is -2.28. The van der Waals surface area contributed by atoms with E-state index in [1.807, 2.05) is 25.1 Å². The third-order valence-corrected chi connectivity index (χ3v) is 4.51. The lowest BCUT2D eigenvalue weighted by molar-refractivity contribution is 0.174. The molecule has 1 aromatic carbocycles. The highest BCUT2D eigenvalue weighted by molar-refractivity contribution is 5.45. The molecular formula is C18H22N4O2. The van der Waals surface area contributed by atoms with E-state index in [2.05, 4.69) is 39.4 Å². The maximum atomic E-state index is 5.49. The predicted octanol–water partition coefficient (Wildman–Crippen LogP) is 1.67. The summed E-state index contributed by atoms with van der Waals surface area (Å²) in [5.41, 5.74) is 9.98. The van der Waals surface area contributed by atoms with Crippen molar-refractivity contribution in [2.75, 3.05) is 19.9 Å². The molecule has 2 aromatic rings. The van der Waals surface area contributed by atoms with Gasteiger partial charge in [0.25, 0.3) is 0 Å². The topological polar surface area (TPSA) is 67.4 Å². The molecule has 126 valence electrons. The number of nitrogens with zero attached hydrogens (tertiary/aromatic N) is 1. The third kappa shape index (κ3) is 3.21. The van der Waals surface area contributed by atoms with Gasteiger partial charge in [0.1, 0.15) is 0 Å². The summed E-state index contributed by atoms with van der Waals surface area (Å²) in [6.45, 7) is 4.95. The van der Waals surface area contributed by atoms with Crippen LogP contribution in [0, 0.1) is 12.8 Å². The van der Waals surface area contributed by atoms with Crippen molar-refractivity contribution in [3.63, 3.8) is 0 Å². The first kappa shape index (κ1) is 15.4. The van der Waals surface area contributed by atoms with Gasteiger partial charge in [-0.15, -0.1) is 0 Å². The Morgan fingerprint density at radius 2 is 2.12 bits per heavy atom. The van der Waals surface area contributed by atoms with Crippen LogP contribution in [0.15, 0.2) is 36.4 Å². The van der Waals surface area contributed by atoms with Gasteiger partial charge in [0.2, 0.25) is 6.79 Å². The van der Waals surface area contributed by atoms with E-state index in [0.29, 0.717) is 12.7 Å². The van der Waals surface area contributed by atoms with E-state index in [1.165, 1.54) is 5.56 Å². The number of nitrogens with one attached hydrogen (secondary N) is 3. The van der Waals surface area contributed by atoms with Gasteiger partial charge in [-0.05, 0) is 36.8 Å². The molecule has 0 radical (unpaired) electrons. The minimum absolute atomic E-state index is 0.248. The molecule has 2 aliphatic heterocycles. The van der Waals surface area contributed by atoms with Crippen LogP contribution in [0.25, 0.3) is 0 Å². The van der Waals surface area contributed by atoms with Gasteiger partial charge in [0.05, 0.1) is 11.7 Å². The van der Waals surface area contributed by atoms with Gasteiger partial charge in [0.15, 0.2) is 11.5 Å². The summed E-state index contributed by atoms with van der Waals surface area (Å²) in [5, 5.41) is 3.52. The van der Waals surface area contributed by atoms with E-state index < -0.39 is 0 Å². The molecule has 2 aliphatic rings. The van der Waals surface area contributed by atoms with Crippen molar-refractivity contribution >= 4 is 0 Å². The van der Waals surface area contributed by atoms with Crippen molar-refractivity contribution in [3.05, 3.63) is 53.3 Å². The van der Waals surface area contributed by atoms with Crippen LogP contribution >= 0.6 is 0 Å². The summed E-state index contributed by atoms with van der Waals surface area (Å²) in [6, 6.07) is 12.5. The Hall–Kier alpha value is -2.15. The quantitative estimate of drug-likeness (QED) is 0.777. The molecule has 0 bridgehead atoms.